The number of nitrogens with one attached hydrogen (secondary N) is 1. The standard InChI is InChI=1S/C13H14N6/c14-8-2-4-19(6-8)13-11-9-1-3-15-12(9)16-5-10(11)17-7-18-13/h1,3,5,7-8H,2,4,6,14H2,(H,17,18). The maximum Gasteiger partial charge on any atom is 0.160 e. The van der Waals surface area contributed by atoms with Crippen LogP contribution in [0.4, 0.5) is 5.82 Å². The van der Waals surface area contributed by atoms with E-state index in [-0.39, 0.29) is 6.04 Å². The molecule has 3 aromatic rings. The second kappa shape index (κ2) is 3.89. The number of pyridine rings is 1. The first-order valence-electron chi connectivity index (χ1n) is 6.40. The number of hydrogen-bond acceptors (Lipinski definition) is 5. The highest BCUT2D eigenvalue weighted by molar-refractivity contribution is 6.08. The fourth-order valence-electron chi connectivity index (χ4n) is 2.76. The van der Waals surface area contributed by atoms with E-state index in [9.17, 15) is 0 Å². The summed E-state index contributed by atoms with van der Waals surface area (Å²) in [6.45, 7) is 1.80. The van der Waals surface area contributed by atoms with Crippen molar-refractivity contribution in [3.8, 4) is 0 Å². The van der Waals surface area contributed by atoms with Crippen LogP contribution < -0.4 is 10.6 Å². The minimum atomic E-state index is 0.233. The molecule has 4 rings (SSSR count). The zero-order valence-electron chi connectivity index (χ0n) is 10.4. The third kappa shape index (κ3) is 1.57. The van der Waals surface area contributed by atoms with Gasteiger partial charge < -0.3 is 15.6 Å². The molecule has 0 bridgehead atoms. The van der Waals surface area contributed by atoms with E-state index >= 15 is 0 Å². The first-order valence-corrected chi connectivity index (χ1v) is 6.40. The van der Waals surface area contributed by atoms with Gasteiger partial charge in [0.25, 0.3) is 0 Å². The van der Waals surface area contributed by atoms with Crippen LogP contribution >= 0.6 is 0 Å². The Kier molecular flexibility index (Phi) is 2.19. The third-order valence-electron chi connectivity index (χ3n) is 3.69. The molecule has 3 aromatic heterocycles. The summed E-state index contributed by atoms with van der Waals surface area (Å²) in [6.07, 6.45) is 6.32. The van der Waals surface area contributed by atoms with Gasteiger partial charge in [-0.3, -0.25) is 0 Å². The Hall–Kier alpha value is -2.21. The molecule has 0 radical (unpaired) electrons. The van der Waals surface area contributed by atoms with Gasteiger partial charge in [0, 0.05) is 30.7 Å². The van der Waals surface area contributed by atoms with E-state index in [1.807, 2.05) is 12.3 Å². The van der Waals surface area contributed by atoms with Crippen LogP contribution in [0, 0.1) is 0 Å². The van der Waals surface area contributed by atoms with Crippen LogP contribution in [0.25, 0.3) is 21.9 Å². The van der Waals surface area contributed by atoms with Crippen LogP contribution in [-0.2, 0) is 0 Å². The summed E-state index contributed by atoms with van der Waals surface area (Å²) >= 11 is 0. The molecule has 19 heavy (non-hydrogen) atoms. The monoisotopic (exact) mass is 254 g/mol. The molecule has 6 nitrogen and oxygen atoms in total. The van der Waals surface area contributed by atoms with Crippen molar-refractivity contribution in [2.24, 2.45) is 5.73 Å². The number of aromatic amines is 1. The Morgan fingerprint density at radius 3 is 3.11 bits per heavy atom. The van der Waals surface area contributed by atoms with E-state index in [1.165, 1.54) is 0 Å². The summed E-state index contributed by atoms with van der Waals surface area (Å²) in [6, 6.07) is 2.22. The van der Waals surface area contributed by atoms with Crippen molar-refractivity contribution in [3.63, 3.8) is 0 Å². The minimum Gasteiger partial charge on any atom is -0.354 e. The summed E-state index contributed by atoms with van der Waals surface area (Å²) in [5.41, 5.74) is 7.74. The highest BCUT2D eigenvalue weighted by Gasteiger charge is 2.23. The lowest BCUT2D eigenvalue weighted by Gasteiger charge is -2.18. The van der Waals surface area contributed by atoms with Crippen molar-refractivity contribution >= 4 is 27.8 Å². The van der Waals surface area contributed by atoms with Crippen molar-refractivity contribution in [2.75, 3.05) is 18.0 Å². The second-order valence-corrected chi connectivity index (χ2v) is 4.95. The number of fused-ring (bicyclic) bond motifs is 3. The summed E-state index contributed by atoms with van der Waals surface area (Å²) in [5.74, 6) is 0.974. The molecule has 1 atom stereocenters. The maximum absolute atomic E-state index is 6.00. The predicted octanol–water partition coefficient (Wildman–Crippen LogP) is 1.04. The number of aromatic nitrogens is 4. The molecule has 1 aliphatic heterocycles. The largest absolute Gasteiger partial charge is 0.354 e. The quantitative estimate of drug-likeness (QED) is 0.678. The molecule has 3 N–H and O–H groups in total. The van der Waals surface area contributed by atoms with Gasteiger partial charge in [-0.1, -0.05) is 0 Å². The van der Waals surface area contributed by atoms with E-state index in [2.05, 4.69) is 24.8 Å². The summed E-state index contributed by atoms with van der Waals surface area (Å²) < 4.78 is 0. The van der Waals surface area contributed by atoms with Gasteiger partial charge >= 0.3 is 0 Å². The van der Waals surface area contributed by atoms with Gasteiger partial charge in [-0.15, -0.1) is 0 Å². The van der Waals surface area contributed by atoms with Crippen molar-refractivity contribution in [1.29, 1.82) is 0 Å². The van der Waals surface area contributed by atoms with Crippen molar-refractivity contribution in [2.45, 2.75) is 12.5 Å². The van der Waals surface area contributed by atoms with Gasteiger partial charge in [0.05, 0.1) is 23.4 Å². The lowest BCUT2D eigenvalue weighted by molar-refractivity contribution is 0.751. The fraction of sp³-hybridized carbons (Fsp3) is 0.308. The average Bonchev–Trinajstić information content (AvgIpc) is 3.06. The molecule has 0 saturated carbocycles. The van der Waals surface area contributed by atoms with E-state index in [0.29, 0.717) is 0 Å². The van der Waals surface area contributed by atoms with Gasteiger partial charge in [-0.05, 0) is 12.5 Å². The zero-order chi connectivity index (χ0) is 12.8. The SMILES string of the molecule is NC1CCN(c2nc[nH]c3cnc4nccc4c23)C1. The van der Waals surface area contributed by atoms with Gasteiger partial charge in [-0.25, -0.2) is 15.0 Å². The number of nitrogens with two attached hydrogens (primary N) is 1. The smallest absolute Gasteiger partial charge is 0.160 e. The number of rotatable bonds is 1. The Bertz CT molecular complexity index is 749. The third-order valence-corrected chi connectivity index (χ3v) is 3.69. The lowest BCUT2D eigenvalue weighted by atomic mass is 10.2. The summed E-state index contributed by atoms with van der Waals surface area (Å²) in [4.78, 5) is 18.5. The second-order valence-electron chi connectivity index (χ2n) is 4.95. The van der Waals surface area contributed by atoms with Crippen LogP contribution in [0.5, 0.6) is 0 Å². The fourth-order valence-corrected chi connectivity index (χ4v) is 2.76. The minimum absolute atomic E-state index is 0.233. The van der Waals surface area contributed by atoms with E-state index < -0.39 is 0 Å². The molecule has 1 saturated heterocycles. The highest BCUT2D eigenvalue weighted by atomic mass is 15.2. The van der Waals surface area contributed by atoms with Gasteiger partial charge in [-0.2, -0.15) is 0 Å². The number of nitrogens with zero attached hydrogens (tertiary/aromatic N) is 4. The molecule has 6 heteroatoms. The first-order chi connectivity index (χ1) is 9.33. The topological polar surface area (TPSA) is 83.7 Å². The molecular formula is C13H14N6. The molecule has 1 aliphatic rings. The van der Waals surface area contributed by atoms with Gasteiger partial charge in [0.1, 0.15) is 5.82 Å². The van der Waals surface area contributed by atoms with Crippen LogP contribution in [-0.4, -0.2) is 39.1 Å². The van der Waals surface area contributed by atoms with Gasteiger partial charge in [0.15, 0.2) is 5.65 Å². The Morgan fingerprint density at radius 2 is 2.26 bits per heavy atom. The normalized spacial score (nSPS) is 19.6. The van der Waals surface area contributed by atoms with Crippen LogP contribution in [0.1, 0.15) is 6.42 Å². The van der Waals surface area contributed by atoms with E-state index in [0.717, 1.165) is 47.3 Å². The summed E-state index contributed by atoms with van der Waals surface area (Å²) in [7, 11) is 0. The lowest BCUT2D eigenvalue weighted by Crippen LogP contribution is -2.27. The number of H-pyrrole nitrogens is 1. The Balaban J connectivity index is 2.01. The summed E-state index contributed by atoms with van der Waals surface area (Å²) in [5, 5.41) is 2.12. The predicted molar refractivity (Wildman–Crippen MR) is 74.0 cm³/mol. The number of hydrogen-bond donors (Lipinski definition) is 2. The Morgan fingerprint density at radius 1 is 1.32 bits per heavy atom. The van der Waals surface area contributed by atoms with Gasteiger partial charge in [0.2, 0.25) is 0 Å². The molecular weight excluding hydrogens is 240 g/mol. The van der Waals surface area contributed by atoms with Crippen molar-refractivity contribution < 1.29 is 0 Å². The maximum atomic E-state index is 6.00. The van der Waals surface area contributed by atoms with Crippen LogP contribution in [0.2, 0.25) is 0 Å². The zero-order valence-corrected chi connectivity index (χ0v) is 10.4. The molecule has 0 aromatic carbocycles. The highest BCUT2D eigenvalue weighted by Crippen LogP contribution is 2.30. The molecule has 0 spiro atoms. The first kappa shape index (κ1) is 10.7. The van der Waals surface area contributed by atoms with Crippen molar-refractivity contribution in [3.05, 3.63) is 24.8 Å². The van der Waals surface area contributed by atoms with Crippen LogP contribution in [0.3, 0.4) is 0 Å². The molecule has 0 aliphatic carbocycles. The number of anilines is 1. The van der Waals surface area contributed by atoms with E-state index in [1.54, 1.807) is 12.5 Å². The molecule has 96 valence electrons. The molecule has 1 unspecified atom stereocenters. The van der Waals surface area contributed by atoms with Crippen molar-refractivity contribution in [1.82, 2.24) is 19.9 Å². The Labute approximate surface area is 109 Å². The molecule has 4 heterocycles. The molecule has 0 amide bonds. The average molecular weight is 254 g/mol. The van der Waals surface area contributed by atoms with E-state index in [4.69, 9.17) is 5.73 Å². The molecule has 1 fully saturated rings. The van der Waals surface area contributed by atoms with Crippen LogP contribution in [0.15, 0.2) is 24.8 Å².